The maximum atomic E-state index is 11.7. The summed E-state index contributed by atoms with van der Waals surface area (Å²) in [7, 11) is 1.66. The molecule has 1 rings (SSSR count). The Kier molecular flexibility index (Phi) is 7.05. The van der Waals surface area contributed by atoms with Crippen molar-refractivity contribution < 1.29 is 14.6 Å². The van der Waals surface area contributed by atoms with Gasteiger partial charge in [-0.15, -0.1) is 0 Å². The van der Waals surface area contributed by atoms with Crippen molar-refractivity contribution in [2.24, 2.45) is 5.92 Å². The molecule has 0 bridgehead atoms. The molecule has 0 heterocycles. The summed E-state index contributed by atoms with van der Waals surface area (Å²) in [4.78, 5) is 11.7. The van der Waals surface area contributed by atoms with Gasteiger partial charge in [0.2, 0.25) is 0 Å². The minimum Gasteiger partial charge on any atom is -0.396 e. The number of aliphatic hydroxyl groups is 1. The van der Waals surface area contributed by atoms with E-state index in [1.165, 1.54) is 0 Å². The molecule has 0 spiro atoms. The van der Waals surface area contributed by atoms with Gasteiger partial charge in [0.05, 0.1) is 0 Å². The van der Waals surface area contributed by atoms with Gasteiger partial charge in [-0.1, -0.05) is 0 Å². The highest BCUT2D eigenvalue weighted by atomic mass is 16.5. The molecule has 1 aliphatic carbocycles. The van der Waals surface area contributed by atoms with Crippen molar-refractivity contribution in [3.63, 3.8) is 0 Å². The van der Waals surface area contributed by atoms with Crippen LogP contribution in [-0.4, -0.2) is 43.5 Å². The molecule has 5 heteroatoms. The largest absolute Gasteiger partial charge is 0.396 e. The molecule has 0 radical (unpaired) electrons. The van der Waals surface area contributed by atoms with Gasteiger partial charge >= 0.3 is 6.03 Å². The molecule has 1 atom stereocenters. The van der Waals surface area contributed by atoms with Crippen LogP contribution in [0.15, 0.2) is 0 Å². The van der Waals surface area contributed by atoms with Gasteiger partial charge in [-0.2, -0.15) is 0 Å². The lowest BCUT2D eigenvalue weighted by atomic mass is 9.87. The van der Waals surface area contributed by atoms with Gasteiger partial charge < -0.3 is 20.5 Å². The Morgan fingerprint density at radius 3 is 2.61 bits per heavy atom. The Labute approximate surface area is 109 Å². The molecule has 1 saturated carbocycles. The number of urea groups is 1. The summed E-state index contributed by atoms with van der Waals surface area (Å²) in [6, 6.07) is 0.284. The van der Waals surface area contributed by atoms with Gasteiger partial charge in [0, 0.05) is 32.4 Å². The highest BCUT2D eigenvalue weighted by Gasteiger charge is 2.22. The van der Waals surface area contributed by atoms with Crippen LogP contribution in [0.25, 0.3) is 0 Å². The third kappa shape index (κ3) is 5.69. The molecule has 1 fully saturated rings. The third-order valence-electron chi connectivity index (χ3n) is 3.57. The highest BCUT2D eigenvalue weighted by molar-refractivity contribution is 5.74. The van der Waals surface area contributed by atoms with Crippen LogP contribution in [0.3, 0.4) is 0 Å². The van der Waals surface area contributed by atoms with Crippen LogP contribution in [0.5, 0.6) is 0 Å². The van der Waals surface area contributed by atoms with Crippen LogP contribution < -0.4 is 10.6 Å². The van der Waals surface area contributed by atoms with Crippen molar-refractivity contribution in [2.45, 2.75) is 51.1 Å². The minimum atomic E-state index is -0.0916. The zero-order valence-electron chi connectivity index (χ0n) is 11.4. The first kappa shape index (κ1) is 15.2. The first-order valence-corrected chi connectivity index (χ1v) is 6.82. The molecule has 0 aliphatic heterocycles. The Bertz CT molecular complexity index is 240. The number of rotatable bonds is 6. The summed E-state index contributed by atoms with van der Waals surface area (Å²) in [5, 5.41) is 15.0. The van der Waals surface area contributed by atoms with Gasteiger partial charge in [0.15, 0.2) is 0 Å². The second kappa shape index (κ2) is 8.32. The molecule has 0 saturated heterocycles. The molecular weight excluding hydrogens is 232 g/mol. The average Bonchev–Trinajstić information content (AvgIpc) is 2.37. The molecule has 5 nitrogen and oxygen atoms in total. The van der Waals surface area contributed by atoms with E-state index in [0.717, 1.165) is 32.1 Å². The minimum absolute atomic E-state index is 0.0916. The average molecular weight is 258 g/mol. The van der Waals surface area contributed by atoms with Crippen molar-refractivity contribution >= 4 is 6.03 Å². The number of hydrogen-bond donors (Lipinski definition) is 3. The Hall–Kier alpha value is -0.810. The summed E-state index contributed by atoms with van der Waals surface area (Å²) < 4.78 is 4.97. The summed E-state index contributed by atoms with van der Waals surface area (Å²) in [5.41, 5.74) is 0. The quantitative estimate of drug-likeness (QED) is 0.672. The van der Waals surface area contributed by atoms with Crippen LogP contribution in [0.2, 0.25) is 0 Å². The number of nitrogens with one attached hydrogen (secondary N) is 2. The van der Waals surface area contributed by atoms with Crippen LogP contribution in [0.4, 0.5) is 4.79 Å². The van der Waals surface area contributed by atoms with E-state index in [1.807, 2.05) is 6.92 Å². The summed E-state index contributed by atoms with van der Waals surface area (Å²) in [6.07, 6.45) is 4.75. The SMILES string of the molecule is COCCC(C)NC(=O)NC1CCC(CO)CC1. The van der Waals surface area contributed by atoms with Gasteiger partial charge in [0.1, 0.15) is 0 Å². The van der Waals surface area contributed by atoms with E-state index in [-0.39, 0.29) is 24.7 Å². The number of ether oxygens (including phenoxy) is 1. The van der Waals surface area contributed by atoms with Gasteiger partial charge in [0.25, 0.3) is 0 Å². The maximum absolute atomic E-state index is 11.7. The zero-order valence-corrected chi connectivity index (χ0v) is 11.4. The molecule has 0 aromatic carbocycles. The molecule has 2 amide bonds. The van der Waals surface area contributed by atoms with E-state index in [1.54, 1.807) is 7.11 Å². The normalized spacial score (nSPS) is 25.5. The monoisotopic (exact) mass is 258 g/mol. The first-order chi connectivity index (χ1) is 8.65. The lowest BCUT2D eigenvalue weighted by Crippen LogP contribution is -2.46. The topological polar surface area (TPSA) is 70.6 Å². The van der Waals surface area contributed by atoms with E-state index in [9.17, 15) is 4.79 Å². The second-order valence-electron chi connectivity index (χ2n) is 5.20. The fourth-order valence-corrected chi connectivity index (χ4v) is 2.31. The second-order valence-corrected chi connectivity index (χ2v) is 5.20. The van der Waals surface area contributed by atoms with E-state index in [2.05, 4.69) is 10.6 Å². The fourth-order valence-electron chi connectivity index (χ4n) is 2.31. The van der Waals surface area contributed by atoms with Crippen LogP contribution in [0, 0.1) is 5.92 Å². The zero-order chi connectivity index (χ0) is 13.4. The number of methoxy groups -OCH3 is 1. The number of carbonyl (C=O) groups excluding carboxylic acids is 1. The van der Waals surface area contributed by atoms with Crippen molar-refractivity contribution in [3.8, 4) is 0 Å². The van der Waals surface area contributed by atoms with Gasteiger partial charge in [-0.25, -0.2) is 4.79 Å². The van der Waals surface area contributed by atoms with Crippen molar-refractivity contribution in [2.75, 3.05) is 20.3 Å². The van der Waals surface area contributed by atoms with Crippen molar-refractivity contribution in [1.82, 2.24) is 10.6 Å². The van der Waals surface area contributed by atoms with Crippen LogP contribution in [-0.2, 0) is 4.74 Å². The maximum Gasteiger partial charge on any atom is 0.315 e. The number of aliphatic hydroxyl groups excluding tert-OH is 1. The molecular formula is C13H26N2O3. The number of amides is 2. The first-order valence-electron chi connectivity index (χ1n) is 6.82. The standard InChI is InChI=1S/C13H26N2O3/c1-10(7-8-18-2)14-13(17)15-12-5-3-11(9-16)4-6-12/h10-12,16H,3-9H2,1-2H3,(H2,14,15,17). The number of carbonyl (C=O) groups is 1. The summed E-state index contributed by atoms with van der Waals surface area (Å²) >= 11 is 0. The van der Waals surface area contributed by atoms with E-state index in [4.69, 9.17) is 9.84 Å². The Morgan fingerprint density at radius 1 is 1.39 bits per heavy atom. The Balaban J connectivity index is 2.16. The lowest BCUT2D eigenvalue weighted by Gasteiger charge is -2.28. The smallest absolute Gasteiger partial charge is 0.315 e. The molecule has 0 aromatic rings. The third-order valence-corrected chi connectivity index (χ3v) is 3.57. The Morgan fingerprint density at radius 2 is 2.06 bits per heavy atom. The molecule has 18 heavy (non-hydrogen) atoms. The van der Waals surface area contributed by atoms with Gasteiger partial charge in [-0.3, -0.25) is 0 Å². The van der Waals surface area contributed by atoms with E-state index >= 15 is 0 Å². The summed E-state index contributed by atoms with van der Waals surface area (Å²) in [6.45, 7) is 2.90. The van der Waals surface area contributed by atoms with Crippen LogP contribution >= 0.6 is 0 Å². The molecule has 0 aromatic heterocycles. The van der Waals surface area contributed by atoms with E-state index < -0.39 is 0 Å². The van der Waals surface area contributed by atoms with Gasteiger partial charge in [-0.05, 0) is 44.9 Å². The molecule has 106 valence electrons. The molecule has 1 unspecified atom stereocenters. The van der Waals surface area contributed by atoms with Crippen molar-refractivity contribution in [3.05, 3.63) is 0 Å². The van der Waals surface area contributed by atoms with E-state index in [0.29, 0.717) is 12.5 Å². The lowest BCUT2D eigenvalue weighted by molar-refractivity contribution is 0.171. The predicted molar refractivity (Wildman–Crippen MR) is 70.5 cm³/mol. The predicted octanol–water partition coefficient (Wildman–Crippen LogP) is 1.26. The highest BCUT2D eigenvalue weighted by Crippen LogP contribution is 2.23. The van der Waals surface area contributed by atoms with Crippen molar-refractivity contribution in [1.29, 1.82) is 0 Å². The summed E-state index contributed by atoms with van der Waals surface area (Å²) in [5.74, 6) is 0.423. The number of hydrogen-bond acceptors (Lipinski definition) is 3. The fraction of sp³-hybridized carbons (Fsp3) is 0.923. The molecule has 1 aliphatic rings. The van der Waals surface area contributed by atoms with Crippen LogP contribution in [0.1, 0.15) is 39.0 Å². The molecule has 3 N–H and O–H groups in total.